The molecule has 33 heavy (non-hydrogen) atoms. The monoisotopic (exact) mass is 446 g/mol. The first kappa shape index (κ1) is 21.8. The standard InChI is InChI=1S/C24H22N4O5/c1-14-19(13-20-22(30)26-24(32)27-23(20)31)18-5-3-4-6-21(18)28(14)11-12-33-17-9-7-16(8-10-17)25-15(2)29/h3-10,13H,11-12H2,1-2H3,(H,25,29)(H2,26,27,30,31,32). The van der Waals surface area contributed by atoms with Crippen molar-refractivity contribution >= 4 is 46.4 Å². The van der Waals surface area contributed by atoms with E-state index in [1.165, 1.54) is 13.0 Å². The van der Waals surface area contributed by atoms with E-state index < -0.39 is 17.8 Å². The Morgan fingerprint density at radius 1 is 1.03 bits per heavy atom. The molecule has 1 aliphatic heterocycles. The second kappa shape index (κ2) is 8.99. The molecule has 9 nitrogen and oxygen atoms in total. The zero-order chi connectivity index (χ0) is 23.5. The van der Waals surface area contributed by atoms with Gasteiger partial charge in [-0.2, -0.15) is 0 Å². The van der Waals surface area contributed by atoms with Gasteiger partial charge in [-0.25, -0.2) is 4.79 Å². The lowest BCUT2D eigenvalue weighted by atomic mass is 10.1. The number of carbonyl (C=O) groups is 4. The second-order valence-corrected chi connectivity index (χ2v) is 7.52. The minimum atomic E-state index is -0.830. The number of fused-ring (bicyclic) bond motifs is 1. The first-order valence-corrected chi connectivity index (χ1v) is 10.3. The van der Waals surface area contributed by atoms with Crippen LogP contribution in [0, 0.1) is 6.92 Å². The number of ether oxygens (including phenoxy) is 1. The number of anilines is 1. The fourth-order valence-corrected chi connectivity index (χ4v) is 3.77. The molecule has 1 aromatic heterocycles. The summed E-state index contributed by atoms with van der Waals surface area (Å²) in [6.45, 7) is 4.26. The maximum Gasteiger partial charge on any atom is 0.328 e. The molecule has 4 rings (SSSR count). The van der Waals surface area contributed by atoms with Crippen LogP contribution in [0.15, 0.2) is 54.1 Å². The fourth-order valence-electron chi connectivity index (χ4n) is 3.77. The van der Waals surface area contributed by atoms with Crippen molar-refractivity contribution in [2.45, 2.75) is 20.4 Å². The van der Waals surface area contributed by atoms with Crippen LogP contribution < -0.4 is 20.7 Å². The van der Waals surface area contributed by atoms with Crippen LogP contribution in [0.3, 0.4) is 0 Å². The lowest BCUT2D eigenvalue weighted by Gasteiger charge is -2.14. The lowest BCUT2D eigenvalue weighted by molar-refractivity contribution is -0.124. The van der Waals surface area contributed by atoms with Gasteiger partial charge in [-0.05, 0) is 43.3 Å². The van der Waals surface area contributed by atoms with Gasteiger partial charge in [-0.1, -0.05) is 18.2 Å². The van der Waals surface area contributed by atoms with Crippen LogP contribution in [0.1, 0.15) is 18.2 Å². The molecule has 0 unspecified atom stereocenters. The Balaban J connectivity index is 1.57. The fraction of sp³-hybridized carbons (Fsp3) is 0.167. The van der Waals surface area contributed by atoms with Crippen molar-refractivity contribution in [1.82, 2.24) is 15.2 Å². The average Bonchev–Trinajstić information content (AvgIpc) is 3.02. The molecule has 2 heterocycles. The summed E-state index contributed by atoms with van der Waals surface area (Å²) < 4.78 is 7.92. The molecule has 0 atom stereocenters. The Bertz CT molecular complexity index is 1280. The highest BCUT2D eigenvalue weighted by atomic mass is 16.5. The highest BCUT2D eigenvalue weighted by molar-refractivity contribution is 6.31. The number of hydrogen-bond acceptors (Lipinski definition) is 5. The minimum absolute atomic E-state index is 0.129. The number of benzene rings is 2. The molecule has 0 saturated carbocycles. The van der Waals surface area contributed by atoms with Gasteiger partial charge in [-0.15, -0.1) is 0 Å². The van der Waals surface area contributed by atoms with E-state index in [-0.39, 0.29) is 11.5 Å². The van der Waals surface area contributed by atoms with Gasteiger partial charge in [0.15, 0.2) is 0 Å². The summed E-state index contributed by atoms with van der Waals surface area (Å²) in [5.41, 5.74) is 3.07. The van der Waals surface area contributed by atoms with E-state index in [0.29, 0.717) is 24.6 Å². The zero-order valence-corrected chi connectivity index (χ0v) is 18.1. The number of barbiturate groups is 1. The number of aromatic nitrogens is 1. The molecular formula is C24H22N4O5. The molecule has 0 radical (unpaired) electrons. The van der Waals surface area contributed by atoms with E-state index in [1.54, 1.807) is 24.3 Å². The van der Waals surface area contributed by atoms with Crippen molar-refractivity contribution in [3.05, 3.63) is 65.4 Å². The van der Waals surface area contributed by atoms with Gasteiger partial charge >= 0.3 is 6.03 Å². The molecule has 3 N–H and O–H groups in total. The van der Waals surface area contributed by atoms with Crippen LogP contribution in [0.4, 0.5) is 10.5 Å². The van der Waals surface area contributed by atoms with E-state index in [2.05, 4.69) is 20.5 Å². The van der Waals surface area contributed by atoms with Gasteiger partial charge in [-0.3, -0.25) is 25.0 Å². The number of para-hydroxylation sites is 1. The molecule has 3 aromatic rings. The van der Waals surface area contributed by atoms with E-state index in [9.17, 15) is 19.2 Å². The van der Waals surface area contributed by atoms with Gasteiger partial charge in [0.2, 0.25) is 5.91 Å². The minimum Gasteiger partial charge on any atom is -0.492 e. The number of imide groups is 2. The normalized spacial score (nSPS) is 13.5. The van der Waals surface area contributed by atoms with Crippen LogP contribution in [0.5, 0.6) is 5.75 Å². The molecule has 1 aliphatic rings. The van der Waals surface area contributed by atoms with Gasteiger partial charge in [0.05, 0.1) is 6.54 Å². The number of hydrogen-bond donors (Lipinski definition) is 3. The van der Waals surface area contributed by atoms with Crippen LogP contribution in [0.25, 0.3) is 17.0 Å². The molecule has 1 saturated heterocycles. The molecule has 168 valence electrons. The molecule has 9 heteroatoms. The summed E-state index contributed by atoms with van der Waals surface area (Å²) >= 11 is 0. The number of amides is 5. The first-order valence-electron chi connectivity index (χ1n) is 10.3. The highest BCUT2D eigenvalue weighted by Crippen LogP contribution is 2.28. The molecular weight excluding hydrogens is 424 g/mol. The van der Waals surface area contributed by atoms with Crippen molar-refractivity contribution in [1.29, 1.82) is 0 Å². The van der Waals surface area contributed by atoms with Gasteiger partial charge in [0.25, 0.3) is 11.8 Å². The van der Waals surface area contributed by atoms with Gasteiger partial charge in [0, 0.05) is 34.8 Å². The Kier molecular flexibility index (Phi) is 5.95. The van der Waals surface area contributed by atoms with Crippen LogP contribution in [-0.4, -0.2) is 34.9 Å². The summed E-state index contributed by atoms with van der Waals surface area (Å²) in [6.07, 6.45) is 1.51. The number of nitrogens with zero attached hydrogens (tertiary/aromatic N) is 1. The molecule has 1 fully saturated rings. The van der Waals surface area contributed by atoms with Crippen LogP contribution in [-0.2, 0) is 20.9 Å². The summed E-state index contributed by atoms with van der Waals surface area (Å²) in [5.74, 6) is -0.933. The smallest absolute Gasteiger partial charge is 0.328 e. The Labute approximate surface area is 189 Å². The summed E-state index contributed by atoms with van der Waals surface area (Å²) in [4.78, 5) is 46.8. The van der Waals surface area contributed by atoms with E-state index in [4.69, 9.17) is 4.74 Å². The van der Waals surface area contributed by atoms with E-state index >= 15 is 0 Å². The number of nitrogens with one attached hydrogen (secondary N) is 3. The maximum atomic E-state index is 12.2. The Hall–Kier alpha value is -4.40. The van der Waals surface area contributed by atoms with Gasteiger partial charge < -0.3 is 14.6 Å². The SMILES string of the molecule is CC(=O)Nc1ccc(OCCn2c(C)c(C=C3C(=O)NC(=O)NC3=O)c3ccccc32)cc1. The van der Waals surface area contributed by atoms with E-state index in [1.807, 2.05) is 31.2 Å². The summed E-state index contributed by atoms with van der Waals surface area (Å²) in [5, 5.41) is 7.77. The quantitative estimate of drug-likeness (QED) is 0.397. The third-order valence-electron chi connectivity index (χ3n) is 5.27. The molecule has 2 aromatic carbocycles. The molecule has 0 bridgehead atoms. The summed E-state index contributed by atoms with van der Waals surface area (Å²) in [6, 6.07) is 13.9. The zero-order valence-electron chi connectivity index (χ0n) is 18.1. The van der Waals surface area contributed by atoms with Crippen molar-refractivity contribution in [2.24, 2.45) is 0 Å². The first-order chi connectivity index (χ1) is 15.8. The Morgan fingerprint density at radius 3 is 2.36 bits per heavy atom. The molecule has 0 spiro atoms. The number of rotatable bonds is 6. The summed E-state index contributed by atoms with van der Waals surface area (Å²) in [7, 11) is 0. The third kappa shape index (κ3) is 4.62. The predicted octanol–water partition coefficient (Wildman–Crippen LogP) is 2.74. The average molecular weight is 446 g/mol. The van der Waals surface area contributed by atoms with Crippen LogP contribution in [0.2, 0.25) is 0 Å². The van der Waals surface area contributed by atoms with Crippen molar-refractivity contribution in [3.8, 4) is 5.75 Å². The van der Waals surface area contributed by atoms with Crippen molar-refractivity contribution < 1.29 is 23.9 Å². The predicted molar refractivity (Wildman–Crippen MR) is 123 cm³/mol. The molecule has 0 aliphatic carbocycles. The van der Waals surface area contributed by atoms with E-state index in [0.717, 1.165) is 22.2 Å². The number of carbonyl (C=O) groups excluding carboxylic acids is 4. The Morgan fingerprint density at radius 2 is 1.70 bits per heavy atom. The van der Waals surface area contributed by atoms with Crippen LogP contribution >= 0.6 is 0 Å². The molecule has 5 amide bonds. The largest absolute Gasteiger partial charge is 0.492 e. The van der Waals surface area contributed by atoms with Crippen molar-refractivity contribution in [2.75, 3.05) is 11.9 Å². The second-order valence-electron chi connectivity index (χ2n) is 7.52. The highest BCUT2D eigenvalue weighted by Gasteiger charge is 2.28. The topological polar surface area (TPSA) is 119 Å². The van der Waals surface area contributed by atoms with Crippen molar-refractivity contribution in [3.63, 3.8) is 0 Å². The lowest BCUT2D eigenvalue weighted by Crippen LogP contribution is -2.51. The van der Waals surface area contributed by atoms with Gasteiger partial charge in [0.1, 0.15) is 17.9 Å². The third-order valence-corrected chi connectivity index (χ3v) is 5.27. The maximum absolute atomic E-state index is 12.2. The number of urea groups is 1.